The summed E-state index contributed by atoms with van der Waals surface area (Å²) in [4.78, 5) is 5.06. The van der Waals surface area contributed by atoms with Gasteiger partial charge in [0.2, 0.25) is 5.79 Å². The van der Waals surface area contributed by atoms with Crippen LogP contribution in [0.15, 0.2) is 91.6 Å². The minimum atomic E-state index is -0.931. The second-order valence-electron chi connectivity index (χ2n) is 9.30. The zero-order chi connectivity index (χ0) is 26.7. The number of imidazole rings is 1. The standard InChI is InChI=1S/C29H26Cl2N4O3S/c30-23-3-1-2-21(16-23)11-14-35-26(10-12-33-35)22-4-6-24(7-5-22)36-17-25-18-37-29(38-25,19-34-15-13-32-20-34)27-8-9-28(31)39-27/h1-10,12-13,15-16,20,25H,11,14,17-19H2. The zero-order valence-corrected chi connectivity index (χ0v) is 23.3. The van der Waals surface area contributed by atoms with Gasteiger partial charge in [0.25, 0.3) is 0 Å². The molecule has 2 unspecified atom stereocenters. The van der Waals surface area contributed by atoms with E-state index in [1.54, 1.807) is 12.5 Å². The van der Waals surface area contributed by atoms with Crippen molar-refractivity contribution in [2.24, 2.45) is 0 Å². The maximum absolute atomic E-state index is 6.45. The minimum absolute atomic E-state index is 0.234. The van der Waals surface area contributed by atoms with Crippen LogP contribution in [0, 0.1) is 0 Å². The van der Waals surface area contributed by atoms with E-state index in [-0.39, 0.29) is 6.10 Å². The lowest BCUT2D eigenvalue weighted by atomic mass is 10.1. The van der Waals surface area contributed by atoms with E-state index in [1.165, 1.54) is 16.9 Å². The van der Waals surface area contributed by atoms with Gasteiger partial charge in [0, 0.05) is 35.7 Å². The van der Waals surface area contributed by atoms with E-state index < -0.39 is 5.79 Å². The third-order valence-corrected chi connectivity index (χ3v) is 8.15. The van der Waals surface area contributed by atoms with Crippen molar-refractivity contribution in [2.75, 3.05) is 13.2 Å². The molecule has 0 aliphatic carbocycles. The number of benzene rings is 2. The molecule has 1 aliphatic rings. The molecule has 1 fully saturated rings. The smallest absolute Gasteiger partial charge is 0.223 e. The highest BCUT2D eigenvalue weighted by atomic mass is 35.5. The molecule has 3 aromatic heterocycles. The molecule has 1 saturated heterocycles. The van der Waals surface area contributed by atoms with Gasteiger partial charge in [-0.1, -0.05) is 35.3 Å². The number of hydrogen-bond donors (Lipinski definition) is 0. The summed E-state index contributed by atoms with van der Waals surface area (Å²) in [6.07, 6.45) is 7.81. The average Bonchev–Trinajstić information content (AvgIpc) is 3.75. The van der Waals surface area contributed by atoms with Crippen LogP contribution in [0.2, 0.25) is 9.36 Å². The van der Waals surface area contributed by atoms with Gasteiger partial charge < -0.3 is 18.8 Å². The van der Waals surface area contributed by atoms with Crippen LogP contribution in [0.1, 0.15) is 10.4 Å². The van der Waals surface area contributed by atoms with E-state index in [2.05, 4.69) is 16.1 Å². The monoisotopic (exact) mass is 580 g/mol. The summed E-state index contributed by atoms with van der Waals surface area (Å²) in [5.41, 5.74) is 3.30. The van der Waals surface area contributed by atoms with Crippen molar-refractivity contribution in [1.29, 1.82) is 0 Å². The van der Waals surface area contributed by atoms with Crippen molar-refractivity contribution < 1.29 is 14.2 Å². The van der Waals surface area contributed by atoms with Crippen LogP contribution in [-0.2, 0) is 34.8 Å². The van der Waals surface area contributed by atoms with Gasteiger partial charge in [0.15, 0.2) is 0 Å². The van der Waals surface area contributed by atoms with E-state index in [9.17, 15) is 0 Å². The highest BCUT2D eigenvalue weighted by Crippen LogP contribution is 2.41. The minimum Gasteiger partial charge on any atom is -0.491 e. The first-order valence-electron chi connectivity index (χ1n) is 12.6. The Kier molecular flexibility index (Phi) is 7.72. The van der Waals surface area contributed by atoms with E-state index in [0.29, 0.717) is 24.1 Å². The number of thiophene rings is 1. The van der Waals surface area contributed by atoms with Crippen LogP contribution in [0.5, 0.6) is 5.75 Å². The van der Waals surface area contributed by atoms with Crippen molar-refractivity contribution in [2.45, 2.75) is 31.4 Å². The Morgan fingerprint density at radius 1 is 1.05 bits per heavy atom. The molecular weight excluding hydrogens is 555 g/mol. The second kappa shape index (κ2) is 11.5. The Bertz CT molecular complexity index is 1520. The van der Waals surface area contributed by atoms with Crippen molar-refractivity contribution in [3.05, 3.63) is 111 Å². The maximum atomic E-state index is 6.45. The lowest BCUT2D eigenvalue weighted by molar-refractivity contribution is -0.186. The van der Waals surface area contributed by atoms with Gasteiger partial charge >= 0.3 is 0 Å². The molecule has 0 N–H and O–H groups in total. The van der Waals surface area contributed by atoms with Crippen LogP contribution in [0.25, 0.3) is 11.3 Å². The van der Waals surface area contributed by atoms with Crippen LogP contribution in [0.4, 0.5) is 0 Å². The first kappa shape index (κ1) is 26.1. The molecule has 5 aromatic rings. The molecule has 7 nitrogen and oxygen atoms in total. The van der Waals surface area contributed by atoms with Gasteiger partial charge in [0.05, 0.1) is 34.4 Å². The molecule has 2 aromatic carbocycles. The van der Waals surface area contributed by atoms with Crippen LogP contribution >= 0.6 is 34.5 Å². The van der Waals surface area contributed by atoms with Gasteiger partial charge in [0.1, 0.15) is 18.5 Å². The van der Waals surface area contributed by atoms with Crippen molar-refractivity contribution in [1.82, 2.24) is 19.3 Å². The Morgan fingerprint density at radius 2 is 1.95 bits per heavy atom. The Hall–Kier alpha value is -3.14. The second-order valence-corrected chi connectivity index (χ2v) is 11.4. The molecule has 10 heteroatoms. The van der Waals surface area contributed by atoms with Crippen molar-refractivity contribution in [3.63, 3.8) is 0 Å². The molecule has 200 valence electrons. The summed E-state index contributed by atoms with van der Waals surface area (Å²) in [7, 11) is 0. The fourth-order valence-electron chi connectivity index (χ4n) is 4.67. The number of ether oxygens (including phenoxy) is 3. The average molecular weight is 582 g/mol. The summed E-state index contributed by atoms with van der Waals surface area (Å²) < 4.78 is 23.4. The number of nitrogens with zero attached hydrogens (tertiary/aromatic N) is 4. The predicted octanol–water partition coefficient (Wildman–Crippen LogP) is 6.71. The van der Waals surface area contributed by atoms with E-state index in [4.69, 9.17) is 37.4 Å². The number of rotatable bonds is 10. The van der Waals surface area contributed by atoms with Gasteiger partial charge in [-0.2, -0.15) is 5.10 Å². The lowest BCUT2D eigenvalue weighted by Gasteiger charge is -2.27. The van der Waals surface area contributed by atoms with Crippen molar-refractivity contribution >= 4 is 34.5 Å². The normalized spacial score (nSPS) is 19.0. The summed E-state index contributed by atoms with van der Waals surface area (Å²) in [6, 6.07) is 21.8. The van der Waals surface area contributed by atoms with Crippen LogP contribution in [0.3, 0.4) is 0 Å². The van der Waals surface area contributed by atoms with E-state index in [0.717, 1.165) is 39.9 Å². The van der Waals surface area contributed by atoms with E-state index >= 15 is 0 Å². The molecule has 0 amide bonds. The molecule has 6 rings (SSSR count). The lowest BCUT2D eigenvalue weighted by Crippen LogP contribution is -2.33. The fraction of sp³-hybridized carbons (Fsp3) is 0.241. The first-order valence-corrected chi connectivity index (χ1v) is 14.2. The molecule has 0 radical (unpaired) electrons. The molecule has 2 atom stereocenters. The summed E-state index contributed by atoms with van der Waals surface area (Å²) in [5.74, 6) is -0.168. The first-order chi connectivity index (χ1) is 19.1. The third kappa shape index (κ3) is 6.05. The number of aromatic nitrogens is 4. The summed E-state index contributed by atoms with van der Waals surface area (Å²) in [6.45, 7) is 2.01. The van der Waals surface area contributed by atoms with Gasteiger partial charge in [-0.15, -0.1) is 11.3 Å². The molecule has 39 heavy (non-hydrogen) atoms. The van der Waals surface area contributed by atoms with Gasteiger partial charge in [-0.25, -0.2) is 4.98 Å². The van der Waals surface area contributed by atoms with Crippen molar-refractivity contribution in [3.8, 4) is 17.0 Å². The highest BCUT2D eigenvalue weighted by Gasteiger charge is 2.45. The highest BCUT2D eigenvalue weighted by molar-refractivity contribution is 7.16. The quantitative estimate of drug-likeness (QED) is 0.184. The summed E-state index contributed by atoms with van der Waals surface area (Å²) in [5, 5.41) is 5.26. The summed E-state index contributed by atoms with van der Waals surface area (Å²) >= 11 is 13.8. The Labute approximate surface area is 240 Å². The predicted molar refractivity (Wildman–Crippen MR) is 152 cm³/mol. The molecule has 4 heterocycles. The SMILES string of the molecule is Clc1cccc(CCn2nccc2-c2ccc(OCC3COC(Cn4ccnc4)(c4ccc(Cl)s4)O3)cc2)c1. The maximum Gasteiger partial charge on any atom is 0.223 e. The largest absolute Gasteiger partial charge is 0.491 e. The number of halogens is 2. The Balaban J connectivity index is 1.08. The Morgan fingerprint density at radius 3 is 2.72 bits per heavy atom. The molecular formula is C29H26Cl2N4O3S. The molecule has 1 aliphatic heterocycles. The van der Waals surface area contributed by atoms with Gasteiger partial charge in [-0.3, -0.25) is 4.68 Å². The number of aryl methyl sites for hydroxylation is 2. The third-order valence-electron chi connectivity index (χ3n) is 6.56. The molecule has 0 spiro atoms. The topological polar surface area (TPSA) is 63.3 Å². The van der Waals surface area contributed by atoms with E-state index in [1.807, 2.05) is 82.3 Å². The van der Waals surface area contributed by atoms with Gasteiger partial charge in [-0.05, 0) is 66.6 Å². The molecule has 0 bridgehead atoms. The number of hydrogen-bond acceptors (Lipinski definition) is 6. The zero-order valence-electron chi connectivity index (χ0n) is 21.0. The fourth-order valence-corrected chi connectivity index (χ4v) is 6.01. The van der Waals surface area contributed by atoms with Crippen LogP contribution in [-0.4, -0.2) is 38.6 Å². The molecule has 0 saturated carbocycles. The van der Waals surface area contributed by atoms with Crippen LogP contribution < -0.4 is 4.74 Å².